The molecule has 0 aliphatic carbocycles. The Hall–Kier alpha value is -3.77. The van der Waals surface area contributed by atoms with Gasteiger partial charge in [0.2, 0.25) is 0 Å². The third-order valence-corrected chi connectivity index (χ3v) is 20.4. The molecule has 62 heavy (non-hydrogen) atoms. The van der Waals surface area contributed by atoms with Crippen LogP contribution in [0, 0.1) is 10.2 Å². The van der Waals surface area contributed by atoms with Gasteiger partial charge in [-0.3, -0.25) is 0 Å². The minimum absolute atomic E-state index is 0. The summed E-state index contributed by atoms with van der Waals surface area (Å²) in [5.41, 5.74) is 0. The van der Waals surface area contributed by atoms with Gasteiger partial charge in [-0.15, -0.1) is 10.2 Å². The van der Waals surface area contributed by atoms with Crippen molar-refractivity contribution in [1.82, 2.24) is 0 Å². The van der Waals surface area contributed by atoms with Crippen LogP contribution < -0.4 is 61.1 Å². The van der Waals surface area contributed by atoms with Gasteiger partial charge in [-0.25, -0.2) is 18.6 Å². The van der Waals surface area contributed by atoms with Gasteiger partial charge >= 0.3 is 0 Å². The molecule has 0 bridgehead atoms. The van der Waals surface area contributed by atoms with Gasteiger partial charge in [-0.1, -0.05) is 243 Å². The Bertz CT molecular complexity index is 1880. The molecule has 0 N–H and O–H groups in total. The van der Waals surface area contributed by atoms with Crippen LogP contribution in [0.5, 0.6) is 0 Å². The topological polar surface area (TPSA) is 92.2 Å². The molecule has 0 spiro atoms. The van der Waals surface area contributed by atoms with Crippen molar-refractivity contribution in [2.75, 3.05) is 24.6 Å². The molecule has 10 heteroatoms. The minimum atomic E-state index is -4.94. The number of benzene rings is 8. The van der Waals surface area contributed by atoms with Crippen LogP contribution in [0.2, 0.25) is 0 Å². The van der Waals surface area contributed by atoms with E-state index in [-0.39, 0.29) is 51.2 Å². The molecular formula is C52H48ClO4P4Rh-. The Morgan fingerprint density at radius 1 is 0.226 bits per heavy atom. The normalized spacial score (nSPS) is 11.0. The predicted octanol–water partition coefficient (Wildman–Crippen LogP) is 5.75. The first-order valence-electron chi connectivity index (χ1n) is 20.0. The third kappa shape index (κ3) is 16.4. The fourth-order valence-electron chi connectivity index (χ4n) is 6.89. The second-order valence-corrected chi connectivity index (χ2v) is 23.8. The molecule has 0 atom stereocenters. The zero-order chi connectivity index (χ0) is 42.5. The molecule has 8 aromatic rings. The van der Waals surface area contributed by atoms with E-state index in [1.807, 2.05) is 0 Å². The van der Waals surface area contributed by atoms with Gasteiger partial charge in [0.05, 0.1) is 0 Å². The summed E-state index contributed by atoms with van der Waals surface area (Å²) in [5, 5.41) is 11.8. The summed E-state index contributed by atoms with van der Waals surface area (Å²) in [6.07, 6.45) is 4.83. The summed E-state index contributed by atoms with van der Waals surface area (Å²) in [6.45, 7) is 0. The van der Waals surface area contributed by atoms with Gasteiger partial charge in [-0.2, -0.15) is 0 Å². The largest absolute Gasteiger partial charge is 0.222 e. The van der Waals surface area contributed by atoms with Crippen molar-refractivity contribution in [3.8, 4) is 0 Å². The molecule has 0 saturated carbocycles. The third-order valence-electron chi connectivity index (χ3n) is 9.64. The van der Waals surface area contributed by atoms with Crippen molar-refractivity contribution in [3.63, 3.8) is 0 Å². The molecule has 317 valence electrons. The molecule has 0 aromatic heterocycles. The monoisotopic (exact) mass is 998 g/mol. The summed E-state index contributed by atoms with van der Waals surface area (Å²) in [6, 6.07) is 88.4. The first-order valence-corrected chi connectivity index (χ1v) is 27.3. The summed E-state index contributed by atoms with van der Waals surface area (Å²) in [7, 11) is -6.34. The van der Waals surface area contributed by atoms with Crippen LogP contribution in [-0.2, 0) is 19.5 Å². The molecule has 8 rings (SSSR count). The first kappa shape index (κ1) is 49.3. The molecule has 4 nitrogen and oxygen atoms in total. The van der Waals surface area contributed by atoms with Gasteiger partial charge in [0.15, 0.2) is 0 Å². The Morgan fingerprint density at radius 3 is 0.419 bits per heavy atom. The van der Waals surface area contributed by atoms with Crippen molar-refractivity contribution >= 4 is 74.1 Å². The number of hydrogen-bond acceptors (Lipinski definition) is 4. The van der Waals surface area contributed by atoms with Crippen molar-refractivity contribution < 1.29 is 48.4 Å². The predicted molar refractivity (Wildman–Crippen MR) is 256 cm³/mol. The standard InChI is InChI=1S/2C26H24P2.ClHO4.Rh/c2*1-5-13-23(14-6-1)27(24-15-7-2-8-16-24)21-22-28(25-17-9-3-10-18-25)26-19-11-4-12-20-26;2-1(3,4)5;/h2*1-20H,21-22H2;(H,2,3,4,5);/p-1. The van der Waals surface area contributed by atoms with E-state index in [4.69, 9.17) is 18.6 Å². The molecule has 1 radical (unpaired) electrons. The quantitative estimate of drug-likeness (QED) is 0.103. The molecule has 0 saturated heterocycles. The van der Waals surface area contributed by atoms with E-state index in [1.165, 1.54) is 67.1 Å². The van der Waals surface area contributed by atoms with Crippen LogP contribution >= 0.6 is 31.7 Å². The Kier molecular flexibility index (Phi) is 21.3. The van der Waals surface area contributed by atoms with Crippen LogP contribution in [0.1, 0.15) is 0 Å². The minimum Gasteiger partial charge on any atom is -0.222 e. The van der Waals surface area contributed by atoms with Gasteiger partial charge < -0.3 is 0 Å². The molecule has 0 aliphatic heterocycles. The van der Waals surface area contributed by atoms with E-state index < -0.39 is 10.2 Å². The smallest absolute Gasteiger partial charge is 0 e. The summed E-state index contributed by atoms with van der Waals surface area (Å²) in [5.74, 6) is 0. The zero-order valence-electron chi connectivity index (χ0n) is 34.1. The van der Waals surface area contributed by atoms with Crippen LogP contribution in [0.4, 0.5) is 0 Å². The van der Waals surface area contributed by atoms with E-state index in [9.17, 15) is 0 Å². The Labute approximate surface area is 387 Å². The van der Waals surface area contributed by atoms with Crippen molar-refractivity contribution in [1.29, 1.82) is 0 Å². The maximum Gasteiger partial charge on any atom is 0 e. The maximum absolute atomic E-state index is 8.49. The van der Waals surface area contributed by atoms with Gasteiger partial charge in [0.25, 0.3) is 0 Å². The molecule has 0 amide bonds. The average Bonchev–Trinajstić information content (AvgIpc) is 3.31. The summed E-state index contributed by atoms with van der Waals surface area (Å²) < 4.78 is 34.0. The van der Waals surface area contributed by atoms with Crippen molar-refractivity contribution in [3.05, 3.63) is 243 Å². The summed E-state index contributed by atoms with van der Waals surface area (Å²) >= 11 is 0. The van der Waals surface area contributed by atoms with Crippen LogP contribution in [0.25, 0.3) is 0 Å². The van der Waals surface area contributed by atoms with Crippen LogP contribution in [0.15, 0.2) is 243 Å². The molecule has 0 fully saturated rings. The SMILES string of the molecule is [O-][Cl+3]([O-])([O-])[O-].[Rh].c1ccc(P(CCP(c2ccccc2)c2ccccc2)c2ccccc2)cc1.c1ccc(P(CCP(c2ccccc2)c2ccccc2)c2ccccc2)cc1. The number of halogens is 1. The van der Waals surface area contributed by atoms with E-state index in [0.29, 0.717) is 0 Å². The molecular weight excluding hydrogens is 951 g/mol. The maximum atomic E-state index is 8.49. The van der Waals surface area contributed by atoms with E-state index in [2.05, 4.69) is 243 Å². The Balaban J connectivity index is 0.000000208. The summed E-state index contributed by atoms with van der Waals surface area (Å²) in [4.78, 5) is 0. The second-order valence-electron chi connectivity index (χ2n) is 13.7. The van der Waals surface area contributed by atoms with E-state index >= 15 is 0 Å². The fraction of sp³-hybridized carbons (Fsp3) is 0.0769. The zero-order valence-corrected chi connectivity index (χ0v) is 40.0. The van der Waals surface area contributed by atoms with Gasteiger partial charge in [0, 0.05) is 19.5 Å². The van der Waals surface area contributed by atoms with Crippen LogP contribution in [0.3, 0.4) is 0 Å². The Morgan fingerprint density at radius 2 is 0.323 bits per heavy atom. The fourth-order valence-corrected chi connectivity index (χ4v) is 17.6. The number of hydrogen-bond donors (Lipinski definition) is 0. The van der Waals surface area contributed by atoms with E-state index in [1.54, 1.807) is 0 Å². The molecule has 0 unspecified atom stereocenters. The van der Waals surface area contributed by atoms with Crippen molar-refractivity contribution in [2.45, 2.75) is 0 Å². The number of rotatable bonds is 14. The van der Waals surface area contributed by atoms with E-state index in [0.717, 1.165) is 0 Å². The molecule has 8 aromatic carbocycles. The van der Waals surface area contributed by atoms with Crippen LogP contribution in [-0.4, -0.2) is 24.6 Å². The first-order chi connectivity index (χ1) is 29.8. The molecule has 0 heterocycles. The van der Waals surface area contributed by atoms with Crippen molar-refractivity contribution in [2.24, 2.45) is 0 Å². The van der Waals surface area contributed by atoms with Gasteiger partial charge in [-0.05, 0) is 98.8 Å². The second kappa shape index (κ2) is 26.8. The molecule has 0 aliphatic rings. The average molecular weight is 999 g/mol. The van der Waals surface area contributed by atoms with Gasteiger partial charge in [0.1, 0.15) is 0 Å².